The molecule has 2 aliphatic rings. The van der Waals surface area contributed by atoms with E-state index in [1.54, 1.807) is 0 Å². The van der Waals surface area contributed by atoms with Gasteiger partial charge in [-0.05, 0) is 38.1 Å². The van der Waals surface area contributed by atoms with Crippen molar-refractivity contribution in [2.24, 2.45) is 11.8 Å². The Hall–Kier alpha value is -0.0400. The maximum absolute atomic E-state index is 3.58. The molecular weight excluding hydrogens is 134 g/mol. The SMILES string of the molecule is C[C@@H]1NCC[C@@H]2CCCC[C@H]21. The summed E-state index contributed by atoms with van der Waals surface area (Å²) in [4.78, 5) is 0. The number of hydrogen-bond acceptors (Lipinski definition) is 1. The van der Waals surface area contributed by atoms with Crippen molar-refractivity contribution in [3.05, 3.63) is 0 Å². The first-order valence-electron chi connectivity index (χ1n) is 5.11. The van der Waals surface area contributed by atoms with Gasteiger partial charge in [-0.2, -0.15) is 0 Å². The molecule has 0 aromatic carbocycles. The van der Waals surface area contributed by atoms with E-state index in [9.17, 15) is 0 Å². The monoisotopic (exact) mass is 153 g/mol. The summed E-state index contributed by atoms with van der Waals surface area (Å²) in [5, 5.41) is 3.58. The highest BCUT2D eigenvalue weighted by Gasteiger charge is 2.31. The lowest BCUT2D eigenvalue weighted by Gasteiger charge is -2.40. The molecule has 0 aromatic heterocycles. The van der Waals surface area contributed by atoms with Crippen molar-refractivity contribution in [3.63, 3.8) is 0 Å². The lowest BCUT2D eigenvalue weighted by Crippen LogP contribution is -2.45. The van der Waals surface area contributed by atoms with Crippen LogP contribution in [0.15, 0.2) is 0 Å². The van der Waals surface area contributed by atoms with Gasteiger partial charge in [0.2, 0.25) is 0 Å². The van der Waals surface area contributed by atoms with Gasteiger partial charge < -0.3 is 5.32 Å². The molecule has 0 amide bonds. The van der Waals surface area contributed by atoms with E-state index < -0.39 is 0 Å². The maximum Gasteiger partial charge on any atom is 0.00696 e. The lowest BCUT2D eigenvalue weighted by molar-refractivity contribution is 0.142. The van der Waals surface area contributed by atoms with E-state index in [4.69, 9.17) is 0 Å². The molecular formula is C10H19N. The molecule has 3 atom stereocenters. The van der Waals surface area contributed by atoms with Crippen molar-refractivity contribution in [2.45, 2.75) is 45.1 Å². The Labute approximate surface area is 69.6 Å². The van der Waals surface area contributed by atoms with Gasteiger partial charge in [0, 0.05) is 6.04 Å². The predicted molar refractivity (Wildman–Crippen MR) is 47.5 cm³/mol. The first-order valence-corrected chi connectivity index (χ1v) is 5.11. The topological polar surface area (TPSA) is 12.0 Å². The molecule has 1 aliphatic heterocycles. The Kier molecular flexibility index (Phi) is 2.17. The van der Waals surface area contributed by atoms with Crippen molar-refractivity contribution in [1.82, 2.24) is 5.32 Å². The van der Waals surface area contributed by atoms with Gasteiger partial charge in [0.25, 0.3) is 0 Å². The molecule has 0 aromatic rings. The molecule has 0 spiro atoms. The zero-order valence-electron chi connectivity index (χ0n) is 7.47. The Morgan fingerprint density at radius 3 is 2.73 bits per heavy atom. The van der Waals surface area contributed by atoms with Crippen LogP contribution in [-0.4, -0.2) is 12.6 Å². The summed E-state index contributed by atoms with van der Waals surface area (Å²) >= 11 is 0. The molecule has 0 unspecified atom stereocenters. The second kappa shape index (κ2) is 3.14. The zero-order chi connectivity index (χ0) is 7.68. The van der Waals surface area contributed by atoms with Crippen molar-refractivity contribution < 1.29 is 0 Å². The van der Waals surface area contributed by atoms with Gasteiger partial charge in [0.05, 0.1) is 0 Å². The van der Waals surface area contributed by atoms with E-state index in [0.29, 0.717) is 0 Å². The van der Waals surface area contributed by atoms with Crippen LogP contribution in [-0.2, 0) is 0 Å². The quantitative estimate of drug-likeness (QED) is 0.562. The van der Waals surface area contributed by atoms with Crippen molar-refractivity contribution in [3.8, 4) is 0 Å². The highest BCUT2D eigenvalue weighted by atomic mass is 14.9. The van der Waals surface area contributed by atoms with Gasteiger partial charge in [-0.1, -0.05) is 19.3 Å². The molecule has 1 N–H and O–H groups in total. The van der Waals surface area contributed by atoms with Gasteiger partial charge in [-0.15, -0.1) is 0 Å². The van der Waals surface area contributed by atoms with Gasteiger partial charge >= 0.3 is 0 Å². The Bertz CT molecular complexity index is 131. The smallest absolute Gasteiger partial charge is 0.00696 e. The minimum Gasteiger partial charge on any atom is -0.314 e. The normalized spacial score (nSPS) is 45.0. The van der Waals surface area contributed by atoms with Gasteiger partial charge in [-0.3, -0.25) is 0 Å². The van der Waals surface area contributed by atoms with E-state index in [0.717, 1.165) is 17.9 Å². The minimum absolute atomic E-state index is 0.800. The summed E-state index contributed by atoms with van der Waals surface area (Å²) in [6.07, 6.45) is 7.41. The Balaban J connectivity index is 1.99. The van der Waals surface area contributed by atoms with Crippen molar-refractivity contribution in [2.75, 3.05) is 6.54 Å². The predicted octanol–water partition coefficient (Wildman–Crippen LogP) is 2.17. The number of rotatable bonds is 0. The van der Waals surface area contributed by atoms with Crippen LogP contribution in [0.1, 0.15) is 39.0 Å². The zero-order valence-corrected chi connectivity index (χ0v) is 7.47. The van der Waals surface area contributed by atoms with Crippen LogP contribution in [0, 0.1) is 11.8 Å². The molecule has 1 saturated carbocycles. The number of fused-ring (bicyclic) bond motifs is 1. The van der Waals surface area contributed by atoms with Gasteiger partial charge in [0.15, 0.2) is 0 Å². The lowest BCUT2D eigenvalue weighted by atomic mass is 9.72. The molecule has 64 valence electrons. The molecule has 11 heavy (non-hydrogen) atoms. The van der Waals surface area contributed by atoms with E-state index in [2.05, 4.69) is 12.2 Å². The number of nitrogens with one attached hydrogen (secondary N) is 1. The molecule has 0 radical (unpaired) electrons. The third kappa shape index (κ3) is 1.44. The second-order valence-electron chi connectivity index (χ2n) is 4.24. The number of piperidine rings is 1. The fraction of sp³-hybridized carbons (Fsp3) is 1.00. The fourth-order valence-corrected chi connectivity index (χ4v) is 2.90. The van der Waals surface area contributed by atoms with E-state index in [-0.39, 0.29) is 0 Å². The molecule has 1 nitrogen and oxygen atoms in total. The van der Waals surface area contributed by atoms with Gasteiger partial charge in [0.1, 0.15) is 0 Å². The van der Waals surface area contributed by atoms with Crippen molar-refractivity contribution in [1.29, 1.82) is 0 Å². The molecule has 2 rings (SSSR count). The summed E-state index contributed by atoms with van der Waals surface area (Å²) in [5.74, 6) is 2.08. The third-order valence-corrected chi connectivity index (χ3v) is 3.59. The molecule has 1 heterocycles. The van der Waals surface area contributed by atoms with Crippen molar-refractivity contribution >= 4 is 0 Å². The standard InChI is InChI=1S/C10H19N/c1-8-10-5-3-2-4-9(10)6-7-11-8/h8-11H,2-7H2,1H3/t8-,9-,10-/m0/s1. The van der Waals surface area contributed by atoms with E-state index >= 15 is 0 Å². The Morgan fingerprint density at radius 2 is 1.91 bits per heavy atom. The van der Waals surface area contributed by atoms with E-state index in [1.807, 2.05) is 0 Å². The second-order valence-corrected chi connectivity index (χ2v) is 4.24. The van der Waals surface area contributed by atoms with Crippen LogP contribution in [0.2, 0.25) is 0 Å². The minimum atomic E-state index is 0.800. The first kappa shape index (κ1) is 7.60. The summed E-state index contributed by atoms with van der Waals surface area (Å²) in [7, 11) is 0. The largest absolute Gasteiger partial charge is 0.314 e. The highest BCUT2D eigenvalue weighted by Crippen LogP contribution is 2.36. The summed E-state index contributed by atoms with van der Waals surface area (Å²) in [6.45, 7) is 3.63. The summed E-state index contributed by atoms with van der Waals surface area (Å²) in [6, 6.07) is 0.800. The molecule has 2 fully saturated rings. The maximum atomic E-state index is 3.58. The van der Waals surface area contributed by atoms with E-state index in [1.165, 1.54) is 38.6 Å². The summed E-state index contributed by atoms with van der Waals surface area (Å²) < 4.78 is 0. The molecule has 1 saturated heterocycles. The summed E-state index contributed by atoms with van der Waals surface area (Å²) in [5.41, 5.74) is 0. The fourth-order valence-electron chi connectivity index (χ4n) is 2.90. The highest BCUT2D eigenvalue weighted by molar-refractivity contribution is 4.86. The van der Waals surface area contributed by atoms with Crippen LogP contribution in [0.25, 0.3) is 0 Å². The van der Waals surface area contributed by atoms with Crippen LogP contribution >= 0.6 is 0 Å². The third-order valence-electron chi connectivity index (χ3n) is 3.59. The molecule has 1 heteroatoms. The Morgan fingerprint density at radius 1 is 1.09 bits per heavy atom. The van der Waals surface area contributed by atoms with Crippen LogP contribution in [0.5, 0.6) is 0 Å². The number of hydrogen-bond donors (Lipinski definition) is 1. The average molecular weight is 153 g/mol. The van der Waals surface area contributed by atoms with Crippen LogP contribution < -0.4 is 5.32 Å². The molecule has 1 aliphatic carbocycles. The van der Waals surface area contributed by atoms with Crippen LogP contribution in [0.4, 0.5) is 0 Å². The average Bonchev–Trinajstić information content (AvgIpc) is 2.06. The van der Waals surface area contributed by atoms with Crippen LogP contribution in [0.3, 0.4) is 0 Å². The first-order chi connectivity index (χ1) is 5.38. The molecule has 0 bridgehead atoms. The van der Waals surface area contributed by atoms with Gasteiger partial charge in [-0.25, -0.2) is 0 Å².